The summed E-state index contributed by atoms with van der Waals surface area (Å²) < 4.78 is 25.1. The molecule has 11 nitrogen and oxygen atoms in total. The van der Waals surface area contributed by atoms with Crippen LogP contribution in [0.2, 0.25) is 0 Å². The zero-order valence-electron chi connectivity index (χ0n) is 20.2. The quantitative estimate of drug-likeness (QED) is 0.308. The SMILES string of the molecule is CCN(CC)CCOc1ccc2c(c1C(=O)Nc1cccc(F)c1C(N)=O)Cc1nc3nonc3nc1-2. The van der Waals surface area contributed by atoms with Crippen molar-refractivity contribution in [1.29, 1.82) is 0 Å². The largest absolute Gasteiger partial charge is 0.491 e. The monoisotopic (exact) mass is 505 g/mol. The number of nitrogens with zero attached hydrogens (tertiary/aromatic N) is 5. The van der Waals surface area contributed by atoms with E-state index in [4.69, 9.17) is 15.1 Å². The highest BCUT2D eigenvalue weighted by Crippen LogP contribution is 2.40. The number of nitrogens with two attached hydrogens (primary N) is 1. The molecule has 0 spiro atoms. The van der Waals surface area contributed by atoms with Gasteiger partial charge in [-0.25, -0.2) is 19.0 Å². The number of hydrogen-bond acceptors (Lipinski definition) is 9. The van der Waals surface area contributed by atoms with Crippen LogP contribution in [0.5, 0.6) is 5.75 Å². The second-order valence-electron chi connectivity index (χ2n) is 8.43. The second kappa shape index (κ2) is 9.90. The van der Waals surface area contributed by atoms with E-state index in [9.17, 15) is 14.0 Å². The molecule has 2 aromatic heterocycles. The van der Waals surface area contributed by atoms with E-state index in [1.54, 1.807) is 6.07 Å². The molecule has 12 heteroatoms. The number of aromatic nitrogens is 4. The fourth-order valence-electron chi connectivity index (χ4n) is 4.47. The topological polar surface area (TPSA) is 149 Å². The van der Waals surface area contributed by atoms with Gasteiger partial charge in [0.1, 0.15) is 18.2 Å². The average Bonchev–Trinajstić information content (AvgIpc) is 3.48. The van der Waals surface area contributed by atoms with Crippen LogP contribution in [0.1, 0.15) is 45.8 Å². The Morgan fingerprint density at radius 1 is 1.11 bits per heavy atom. The lowest BCUT2D eigenvalue weighted by atomic mass is 10.00. The molecule has 4 aromatic rings. The second-order valence-corrected chi connectivity index (χ2v) is 8.43. The molecule has 0 fully saturated rings. The van der Waals surface area contributed by atoms with Gasteiger partial charge in [-0.15, -0.1) is 0 Å². The fourth-order valence-corrected chi connectivity index (χ4v) is 4.47. The van der Waals surface area contributed by atoms with Gasteiger partial charge < -0.3 is 20.7 Å². The third-order valence-corrected chi connectivity index (χ3v) is 6.36. The Morgan fingerprint density at radius 3 is 2.59 bits per heavy atom. The lowest BCUT2D eigenvalue weighted by molar-refractivity contribution is 0.0997. The van der Waals surface area contributed by atoms with Gasteiger partial charge in [0, 0.05) is 18.5 Å². The summed E-state index contributed by atoms with van der Waals surface area (Å²) in [5, 5.41) is 10.2. The average molecular weight is 506 g/mol. The summed E-state index contributed by atoms with van der Waals surface area (Å²) in [6.07, 6.45) is 0.280. The van der Waals surface area contributed by atoms with Crippen LogP contribution in [-0.4, -0.2) is 63.2 Å². The molecule has 0 saturated heterocycles. The Hall–Kier alpha value is -4.45. The van der Waals surface area contributed by atoms with Gasteiger partial charge >= 0.3 is 0 Å². The molecule has 5 rings (SSSR count). The Labute approximate surface area is 210 Å². The van der Waals surface area contributed by atoms with Crippen LogP contribution in [-0.2, 0) is 6.42 Å². The van der Waals surface area contributed by atoms with Gasteiger partial charge in [-0.1, -0.05) is 19.9 Å². The molecular weight excluding hydrogens is 481 g/mol. The number of carbonyl (C=O) groups excluding carboxylic acids is 2. The Balaban J connectivity index is 1.55. The predicted octanol–water partition coefficient (Wildman–Crippen LogP) is 2.79. The van der Waals surface area contributed by atoms with Crippen molar-refractivity contribution in [2.24, 2.45) is 5.73 Å². The van der Waals surface area contributed by atoms with E-state index in [2.05, 4.69) is 44.3 Å². The number of fused-ring (bicyclic) bond motifs is 4. The number of rotatable bonds is 9. The number of primary amides is 1. The van der Waals surface area contributed by atoms with Crippen LogP contribution < -0.4 is 15.8 Å². The van der Waals surface area contributed by atoms with E-state index >= 15 is 0 Å². The number of nitrogens with one attached hydrogen (secondary N) is 1. The summed E-state index contributed by atoms with van der Waals surface area (Å²) in [6.45, 7) is 6.87. The molecule has 37 heavy (non-hydrogen) atoms. The molecule has 0 saturated carbocycles. The van der Waals surface area contributed by atoms with Crippen LogP contribution >= 0.6 is 0 Å². The summed E-state index contributed by atoms with van der Waals surface area (Å²) in [5.41, 5.74) is 8.17. The number of benzene rings is 2. The molecular formula is C25H24FN7O4. The zero-order valence-corrected chi connectivity index (χ0v) is 20.2. The lowest BCUT2D eigenvalue weighted by Gasteiger charge is -2.20. The van der Waals surface area contributed by atoms with Crippen LogP contribution in [0.3, 0.4) is 0 Å². The van der Waals surface area contributed by atoms with E-state index in [1.807, 2.05) is 6.07 Å². The lowest BCUT2D eigenvalue weighted by Crippen LogP contribution is -2.28. The predicted molar refractivity (Wildman–Crippen MR) is 132 cm³/mol. The van der Waals surface area contributed by atoms with Crippen LogP contribution in [0.4, 0.5) is 10.1 Å². The summed E-state index contributed by atoms with van der Waals surface area (Å²) in [5.74, 6) is -2.06. The van der Waals surface area contributed by atoms with Gasteiger partial charge in [0.2, 0.25) is 11.3 Å². The maximum atomic E-state index is 14.3. The number of ether oxygens (including phenoxy) is 1. The molecule has 0 radical (unpaired) electrons. The van der Waals surface area contributed by atoms with E-state index in [0.29, 0.717) is 41.4 Å². The number of amides is 2. The smallest absolute Gasteiger partial charge is 0.259 e. The van der Waals surface area contributed by atoms with E-state index in [1.165, 1.54) is 12.1 Å². The first-order chi connectivity index (χ1) is 17.9. The summed E-state index contributed by atoms with van der Waals surface area (Å²) >= 11 is 0. The standard InChI is InChI=1S/C25H24FN7O4/c1-3-33(4-2)10-11-36-18-9-8-13-14(12-17-21(13)30-24-23(28-17)31-37-32-24)19(18)25(35)29-16-7-5-6-15(26)20(16)22(27)34/h5-9H,3-4,10-12H2,1-2H3,(H2,27,34)(H,29,35). The first kappa shape index (κ1) is 24.3. The highest BCUT2D eigenvalue weighted by atomic mass is 19.1. The maximum Gasteiger partial charge on any atom is 0.259 e. The Morgan fingerprint density at radius 2 is 1.86 bits per heavy atom. The number of likely N-dealkylation sites (N-methyl/N-ethyl adjacent to an activating group) is 1. The van der Waals surface area contributed by atoms with Crippen LogP contribution in [0.25, 0.3) is 22.6 Å². The molecule has 0 aliphatic heterocycles. The molecule has 0 unspecified atom stereocenters. The van der Waals surface area contributed by atoms with Crippen LogP contribution in [0.15, 0.2) is 35.0 Å². The minimum atomic E-state index is -0.993. The van der Waals surface area contributed by atoms with Crippen molar-refractivity contribution in [3.63, 3.8) is 0 Å². The van der Waals surface area contributed by atoms with Gasteiger partial charge in [0.05, 0.1) is 28.2 Å². The van der Waals surface area contributed by atoms with Crippen molar-refractivity contribution >= 4 is 28.8 Å². The first-order valence-corrected chi connectivity index (χ1v) is 11.8. The van der Waals surface area contributed by atoms with Crippen molar-refractivity contribution in [2.45, 2.75) is 20.3 Å². The zero-order chi connectivity index (χ0) is 26.1. The van der Waals surface area contributed by atoms with Crippen molar-refractivity contribution in [3.05, 3.63) is 58.5 Å². The molecule has 1 aliphatic rings. The molecule has 3 N–H and O–H groups in total. The molecule has 1 aliphatic carbocycles. The molecule has 0 atom stereocenters. The van der Waals surface area contributed by atoms with E-state index in [0.717, 1.165) is 19.2 Å². The third-order valence-electron chi connectivity index (χ3n) is 6.36. The third kappa shape index (κ3) is 4.47. The molecule has 2 heterocycles. The van der Waals surface area contributed by atoms with Gasteiger partial charge in [0.25, 0.3) is 11.8 Å². The summed E-state index contributed by atoms with van der Waals surface area (Å²) in [6, 6.07) is 7.41. The minimum absolute atomic E-state index is 0.0373. The Kier molecular flexibility index (Phi) is 6.49. The fraction of sp³-hybridized carbons (Fsp3) is 0.280. The minimum Gasteiger partial charge on any atom is -0.491 e. The Bertz CT molecular complexity index is 1520. The molecule has 2 aromatic carbocycles. The van der Waals surface area contributed by atoms with Crippen LogP contribution in [0, 0.1) is 5.82 Å². The molecule has 190 valence electrons. The summed E-state index contributed by atoms with van der Waals surface area (Å²) in [7, 11) is 0. The van der Waals surface area contributed by atoms with E-state index < -0.39 is 23.2 Å². The first-order valence-electron chi connectivity index (χ1n) is 11.8. The molecule has 0 bridgehead atoms. The van der Waals surface area contributed by atoms with Gasteiger partial charge in [-0.3, -0.25) is 9.59 Å². The van der Waals surface area contributed by atoms with Crippen molar-refractivity contribution < 1.29 is 23.3 Å². The number of halogens is 1. The summed E-state index contributed by atoms with van der Waals surface area (Å²) in [4.78, 5) is 36.7. The number of hydrogen-bond donors (Lipinski definition) is 2. The number of carbonyl (C=O) groups is 2. The van der Waals surface area contributed by atoms with Gasteiger partial charge in [0.15, 0.2) is 0 Å². The number of anilines is 1. The van der Waals surface area contributed by atoms with Crippen molar-refractivity contribution in [3.8, 4) is 17.0 Å². The van der Waals surface area contributed by atoms with Gasteiger partial charge in [-0.2, -0.15) is 0 Å². The van der Waals surface area contributed by atoms with E-state index in [-0.39, 0.29) is 29.0 Å². The normalized spacial score (nSPS) is 12.0. The highest BCUT2D eigenvalue weighted by molar-refractivity contribution is 6.12. The van der Waals surface area contributed by atoms with Gasteiger partial charge in [-0.05, 0) is 53.2 Å². The van der Waals surface area contributed by atoms with Crippen molar-refractivity contribution in [2.75, 3.05) is 31.6 Å². The van der Waals surface area contributed by atoms with Crippen molar-refractivity contribution in [1.82, 2.24) is 25.2 Å². The maximum absolute atomic E-state index is 14.3. The molecule has 2 amide bonds. The highest BCUT2D eigenvalue weighted by Gasteiger charge is 2.31.